The van der Waals surface area contributed by atoms with Crippen LogP contribution in [0.2, 0.25) is 0 Å². The number of halogens is 1. The Morgan fingerprint density at radius 3 is 2.50 bits per heavy atom. The van der Waals surface area contributed by atoms with Crippen LogP contribution < -0.4 is 0 Å². The third kappa shape index (κ3) is 1.74. The van der Waals surface area contributed by atoms with Crippen molar-refractivity contribution in [1.82, 2.24) is 0 Å². The lowest BCUT2D eigenvalue weighted by atomic mass is 9.89. The highest BCUT2D eigenvalue weighted by Crippen LogP contribution is 2.30. The van der Waals surface area contributed by atoms with Crippen LogP contribution in [0.25, 0.3) is 0 Å². The summed E-state index contributed by atoms with van der Waals surface area (Å²) in [5, 5.41) is 0. The molecule has 0 amide bonds. The number of Topliss-reactive ketones (excluding diaryl/α,β-unsaturated/α-hetero) is 1. The number of aliphatic imine (C=N–C) groups is 1. The predicted octanol–water partition coefficient (Wildman–Crippen LogP) is 3.51. The number of hydrogen-bond acceptors (Lipinski definition) is 2. The fourth-order valence-corrected chi connectivity index (χ4v) is 2.09. The summed E-state index contributed by atoms with van der Waals surface area (Å²) in [5.41, 5.74) is 2.08. The van der Waals surface area contributed by atoms with Gasteiger partial charge in [-0.15, -0.1) is 0 Å². The van der Waals surface area contributed by atoms with Crippen LogP contribution >= 0.6 is 0 Å². The van der Waals surface area contributed by atoms with Crippen LogP contribution in [0.1, 0.15) is 21.8 Å². The fraction of sp³-hybridized carbons (Fsp3) is 0.0667. The number of para-hydroxylation sites is 1. The second-order valence-electron chi connectivity index (χ2n) is 4.19. The van der Waals surface area contributed by atoms with Crippen molar-refractivity contribution in [3.8, 4) is 0 Å². The first kappa shape index (κ1) is 10.8. The van der Waals surface area contributed by atoms with E-state index in [0.717, 1.165) is 5.56 Å². The largest absolute Gasteiger partial charge is 0.293 e. The van der Waals surface area contributed by atoms with Gasteiger partial charge in [0, 0.05) is 11.8 Å². The summed E-state index contributed by atoms with van der Waals surface area (Å²) >= 11 is 0. The lowest BCUT2D eigenvalue weighted by Gasteiger charge is -2.17. The van der Waals surface area contributed by atoms with E-state index in [0.29, 0.717) is 11.3 Å². The number of rotatable bonds is 1. The smallest absolute Gasteiger partial charge is 0.177 e. The molecule has 1 heterocycles. The molecule has 0 N–H and O–H groups in total. The molecule has 2 nitrogen and oxygen atoms in total. The average Bonchev–Trinajstić information content (AvgIpc) is 2.41. The highest BCUT2D eigenvalue weighted by atomic mass is 19.1. The molecule has 0 fully saturated rings. The fourth-order valence-electron chi connectivity index (χ4n) is 2.09. The van der Waals surface area contributed by atoms with Gasteiger partial charge in [-0.2, -0.15) is 0 Å². The molecule has 2 aromatic rings. The van der Waals surface area contributed by atoms with Gasteiger partial charge in [0.2, 0.25) is 0 Å². The molecule has 3 heteroatoms. The molecule has 0 radical (unpaired) electrons. The summed E-state index contributed by atoms with van der Waals surface area (Å²) in [4.78, 5) is 16.6. The Morgan fingerprint density at radius 1 is 1.00 bits per heavy atom. The van der Waals surface area contributed by atoms with Crippen LogP contribution in [0.5, 0.6) is 0 Å². The van der Waals surface area contributed by atoms with E-state index in [9.17, 15) is 9.18 Å². The highest BCUT2D eigenvalue weighted by molar-refractivity contribution is 6.15. The Labute approximate surface area is 104 Å². The number of carbonyl (C=O) groups is 1. The molecule has 0 bridgehead atoms. The van der Waals surface area contributed by atoms with Gasteiger partial charge in [0.1, 0.15) is 5.82 Å². The molecule has 1 atom stereocenters. The summed E-state index contributed by atoms with van der Waals surface area (Å²) in [6, 6.07) is 13.2. The molecule has 1 aliphatic heterocycles. The normalized spacial score (nSPS) is 17.6. The zero-order valence-electron chi connectivity index (χ0n) is 9.51. The van der Waals surface area contributed by atoms with Gasteiger partial charge >= 0.3 is 0 Å². The van der Waals surface area contributed by atoms with E-state index in [1.54, 1.807) is 24.4 Å². The number of carbonyl (C=O) groups excluding carboxylic acids is 1. The van der Waals surface area contributed by atoms with Gasteiger partial charge in [-0.3, -0.25) is 9.79 Å². The second-order valence-corrected chi connectivity index (χ2v) is 4.19. The molecule has 2 aromatic carbocycles. The molecule has 0 aromatic heterocycles. The van der Waals surface area contributed by atoms with Crippen LogP contribution in [-0.2, 0) is 0 Å². The van der Waals surface area contributed by atoms with E-state index in [1.165, 1.54) is 12.1 Å². The van der Waals surface area contributed by atoms with Gasteiger partial charge in [-0.05, 0) is 29.8 Å². The highest BCUT2D eigenvalue weighted by Gasteiger charge is 2.25. The minimum absolute atomic E-state index is 0.00667. The molecule has 1 aliphatic rings. The van der Waals surface area contributed by atoms with E-state index in [2.05, 4.69) is 4.99 Å². The first-order valence-electron chi connectivity index (χ1n) is 5.68. The SMILES string of the molecule is O=C1c2ccccc2N=CC1c1ccc(F)cc1. The zero-order chi connectivity index (χ0) is 12.5. The van der Waals surface area contributed by atoms with Gasteiger partial charge < -0.3 is 0 Å². The van der Waals surface area contributed by atoms with Gasteiger partial charge in [-0.1, -0.05) is 24.3 Å². The molecule has 0 saturated carbocycles. The average molecular weight is 239 g/mol. The summed E-state index contributed by atoms with van der Waals surface area (Å²) in [6.07, 6.45) is 1.62. The minimum atomic E-state index is -0.416. The molecule has 88 valence electrons. The van der Waals surface area contributed by atoms with E-state index in [-0.39, 0.29) is 11.6 Å². The Bertz CT molecular complexity index is 631. The van der Waals surface area contributed by atoms with Gasteiger partial charge in [0.05, 0.1) is 11.6 Å². The first-order chi connectivity index (χ1) is 8.75. The van der Waals surface area contributed by atoms with Crippen LogP contribution in [0.15, 0.2) is 53.5 Å². The monoisotopic (exact) mass is 239 g/mol. The summed E-state index contributed by atoms with van der Waals surface area (Å²) in [7, 11) is 0. The Morgan fingerprint density at radius 2 is 1.72 bits per heavy atom. The lowest BCUT2D eigenvalue weighted by molar-refractivity contribution is 0.0983. The maximum Gasteiger partial charge on any atom is 0.177 e. The Hall–Kier alpha value is -2.29. The zero-order valence-corrected chi connectivity index (χ0v) is 9.51. The van der Waals surface area contributed by atoms with Crippen LogP contribution in [0.4, 0.5) is 10.1 Å². The van der Waals surface area contributed by atoms with E-state index in [1.807, 2.05) is 18.2 Å². The molecule has 1 unspecified atom stereocenters. The van der Waals surface area contributed by atoms with Crippen molar-refractivity contribution in [1.29, 1.82) is 0 Å². The molecular weight excluding hydrogens is 229 g/mol. The third-order valence-electron chi connectivity index (χ3n) is 3.04. The molecule has 0 aliphatic carbocycles. The third-order valence-corrected chi connectivity index (χ3v) is 3.04. The molecule has 0 saturated heterocycles. The van der Waals surface area contributed by atoms with E-state index >= 15 is 0 Å². The van der Waals surface area contributed by atoms with E-state index < -0.39 is 5.92 Å². The number of benzene rings is 2. The van der Waals surface area contributed by atoms with Crippen molar-refractivity contribution in [3.05, 3.63) is 65.5 Å². The van der Waals surface area contributed by atoms with Gasteiger partial charge in [0.15, 0.2) is 5.78 Å². The van der Waals surface area contributed by atoms with Crippen LogP contribution in [0.3, 0.4) is 0 Å². The second kappa shape index (κ2) is 4.18. The molecular formula is C15H10FNO. The van der Waals surface area contributed by atoms with Crippen molar-refractivity contribution < 1.29 is 9.18 Å². The summed E-state index contributed by atoms with van der Waals surface area (Å²) in [6.45, 7) is 0. The minimum Gasteiger partial charge on any atom is -0.293 e. The number of hydrogen-bond donors (Lipinski definition) is 0. The number of fused-ring (bicyclic) bond motifs is 1. The molecule has 0 spiro atoms. The predicted molar refractivity (Wildman–Crippen MR) is 68.1 cm³/mol. The van der Waals surface area contributed by atoms with Crippen molar-refractivity contribution in [2.24, 2.45) is 4.99 Å². The van der Waals surface area contributed by atoms with E-state index in [4.69, 9.17) is 0 Å². The standard InChI is InChI=1S/C15H10FNO/c16-11-7-5-10(6-8-11)13-9-17-14-4-2-1-3-12(14)15(13)18/h1-9,13H. The van der Waals surface area contributed by atoms with Crippen LogP contribution in [0, 0.1) is 5.82 Å². The Kier molecular flexibility index (Phi) is 2.52. The summed E-state index contributed by atoms with van der Waals surface area (Å²) in [5.74, 6) is -0.716. The van der Waals surface area contributed by atoms with Crippen molar-refractivity contribution >= 4 is 17.7 Å². The van der Waals surface area contributed by atoms with Gasteiger partial charge in [0.25, 0.3) is 0 Å². The summed E-state index contributed by atoms with van der Waals surface area (Å²) < 4.78 is 12.9. The topological polar surface area (TPSA) is 29.4 Å². The molecule has 18 heavy (non-hydrogen) atoms. The lowest BCUT2D eigenvalue weighted by Crippen LogP contribution is -2.17. The van der Waals surface area contributed by atoms with Gasteiger partial charge in [-0.25, -0.2) is 4.39 Å². The quantitative estimate of drug-likeness (QED) is 0.748. The maximum atomic E-state index is 12.9. The Balaban J connectivity index is 2.03. The van der Waals surface area contributed by atoms with Crippen LogP contribution in [-0.4, -0.2) is 12.0 Å². The maximum absolute atomic E-state index is 12.9. The number of ketones is 1. The first-order valence-corrected chi connectivity index (χ1v) is 5.68. The molecule has 3 rings (SSSR count). The van der Waals surface area contributed by atoms with Crippen molar-refractivity contribution in [2.45, 2.75) is 5.92 Å². The van der Waals surface area contributed by atoms with Crippen molar-refractivity contribution in [3.63, 3.8) is 0 Å². The van der Waals surface area contributed by atoms with Crippen molar-refractivity contribution in [2.75, 3.05) is 0 Å². The number of nitrogens with zero attached hydrogens (tertiary/aromatic N) is 1.